The van der Waals surface area contributed by atoms with E-state index in [1.54, 1.807) is 24.7 Å². The SMILES string of the molecule is O=C(NCCc1cccc(-n2ccnc2)n1)Nc1ccc(Cl)nc1. The number of pyridine rings is 2. The molecule has 0 saturated heterocycles. The largest absolute Gasteiger partial charge is 0.337 e. The third-order valence-electron chi connectivity index (χ3n) is 3.21. The van der Waals surface area contributed by atoms with E-state index in [-0.39, 0.29) is 6.03 Å². The van der Waals surface area contributed by atoms with Gasteiger partial charge in [0, 0.05) is 31.1 Å². The number of rotatable bonds is 5. The third-order valence-corrected chi connectivity index (χ3v) is 3.44. The van der Waals surface area contributed by atoms with Crippen molar-refractivity contribution in [3.05, 3.63) is 66.1 Å². The normalized spacial score (nSPS) is 10.4. The van der Waals surface area contributed by atoms with E-state index in [0.717, 1.165) is 11.5 Å². The average molecular weight is 343 g/mol. The molecule has 8 heteroatoms. The second-order valence-corrected chi connectivity index (χ2v) is 5.34. The van der Waals surface area contributed by atoms with Gasteiger partial charge in [0.25, 0.3) is 0 Å². The molecule has 2 N–H and O–H groups in total. The lowest BCUT2D eigenvalue weighted by molar-refractivity contribution is 0.252. The Hall–Kier alpha value is -2.93. The molecule has 3 rings (SSSR count). The topological polar surface area (TPSA) is 84.7 Å². The van der Waals surface area contributed by atoms with Crippen LogP contribution in [-0.4, -0.2) is 32.1 Å². The second kappa shape index (κ2) is 7.56. The lowest BCUT2D eigenvalue weighted by atomic mass is 10.2. The van der Waals surface area contributed by atoms with E-state index in [9.17, 15) is 4.79 Å². The van der Waals surface area contributed by atoms with Crippen molar-refractivity contribution >= 4 is 23.3 Å². The monoisotopic (exact) mass is 342 g/mol. The molecule has 0 radical (unpaired) electrons. The maximum atomic E-state index is 11.8. The number of amides is 2. The van der Waals surface area contributed by atoms with Crippen molar-refractivity contribution < 1.29 is 4.79 Å². The maximum absolute atomic E-state index is 11.8. The Morgan fingerprint density at radius 2 is 2.17 bits per heavy atom. The van der Waals surface area contributed by atoms with Crippen LogP contribution >= 0.6 is 11.6 Å². The fourth-order valence-electron chi connectivity index (χ4n) is 2.07. The minimum atomic E-state index is -0.301. The van der Waals surface area contributed by atoms with Crippen LogP contribution < -0.4 is 10.6 Å². The van der Waals surface area contributed by atoms with Crippen LogP contribution in [0.5, 0.6) is 0 Å². The summed E-state index contributed by atoms with van der Waals surface area (Å²) in [6, 6.07) is 8.75. The average Bonchev–Trinajstić information content (AvgIpc) is 3.12. The van der Waals surface area contributed by atoms with Gasteiger partial charge in [0.2, 0.25) is 0 Å². The number of hydrogen-bond donors (Lipinski definition) is 2. The molecule has 3 aromatic heterocycles. The van der Waals surface area contributed by atoms with Crippen LogP contribution in [0.15, 0.2) is 55.2 Å². The number of halogens is 1. The van der Waals surface area contributed by atoms with Crippen molar-refractivity contribution in [1.82, 2.24) is 24.8 Å². The molecule has 3 aromatic rings. The van der Waals surface area contributed by atoms with Crippen molar-refractivity contribution in [3.8, 4) is 5.82 Å². The molecule has 122 valence electrons. The number of carbonyl (C=O) groups is 1. The molecule has 2 amide bonds. The highest BCUT2D eigenvalue weighted by Crippen LogP contribution is 2.09. The van der Waals surface area contributed by atoms with Gasteiger partial charge in [0.05, 0.1) is 11.9 Å². The Balaban J connectivity index is 1.50. The number of hydrogen-bond acceptors (Lipinski definition) is 4. The van der Waals surface area contributed by atoms with Gasteiger partial charge in [-0.05, 0) is 24.3 Å². The van der Waals surface area contributed by atoms with Crippen LogP contribution in [-0.2, 0) is 6.42 Å². The Morgan fingerprint density at radius 1 is 1.25 bits per heavy atom. The van der Waals surface area contributed by atoms with Crippen molar-refractivity contribution in [2.75, 3.05) is 11.9 Å². The summed E-state index contributed by atoms with van der Waals surface area (Å²) in [5.74, 6) is 0.793. The smallest absolute Gasteiger partial charge is 0.319 e. The van der Waals surface area contributed by atoms with Gasteiger partial charge in [-0.3, -0.25) is 4.57 Å². The molecule has 3 heterocycles. The van der Waals surface area contributed by atoms with Crippen LogP contribution in [0.1, 0.15) is 5.69 Å². The van der Waals surface area contributed by atoms with E-state index in [4.69, 9.17) is 11.6 Å². The van der Waals surface area contributed by atoms with E-state index >= 15 is 0 Å². The molecule has 0 aliphatic carbocycles. The number of urea groups is 1. The lowest BCUT2D eigenvalue weighted by Crippen LogP contribution is -2.30. The van der Waals surface area contributed by atoms with Crippen LogP contribution in [0.2, 0.25) is 5.15 Å². The lowest BCUT2D eigenvalue weighted by Gasteiger charge is -2.08. The van der Waals surface area contributed by atoms with Gasteiger partial charge in [-0.1, -0.05) is 17.7 Å². The number of imidazole rings is 1. The minimum Gasteiger partial charge on any atom is -0.337 e. The standard InChI is InChI=1S/C16H15ClN6O/c17-14-5-4-13(10-20-14)22-16(24)19-7-6-12-2-1-3-15(21-12)23-9-8-18-11-23/h1-5,8-11H,6-7H2,(H2,19,22,24). The molecule has 0 spiro atoms. The zero-order chi connectivity index (χ0) is 16.8. The van der Waals surface area contributed by atoms with Gasteiger partial charge in [0.15, 0.2) is 0 Å². The van der Waals surface area contributed by atoms with E-state index in [1.807, 2.05) is 29.0 Å². The van der Waals surface area contributed by atoms with E-state index in [0.29, 0.717) is 23.8 Å². The summed E-state index contributed by atoms with van der Waals surface area (Å²) in [7, 11) is 0. The summed E-state index contributed by atoms with van der Waals surface area (Å²) < 4.78 is 1.83. The van der Waals surface area contributed by atoms with E-state index < -0.39 is 0 Å². The fourth-order valence-corrected chi connectivity index (χ4v) is 2.19. The fraction of sp³-hybridized carbons (Fsp3) is 0.125. The van der Waals surface area contributed by atoms with Gasteiger partial charge >= 0.3 is 6.03 Å². The first-order valence-corrected chi connectivity index (χ1v) is 7.69. The Kier molecular flexibility index (Phi) is 5.02. The Labute approximate surface area is 143 Å². The number of anilines is 1. The summed E-state index contributed by atoms with van der Waals surface area (Å²) in [5.41, 5.74) is 1.46. The van der Waals surface area contributed by atoms with Crippen molar-refractivity contribution in [2.24, 2.45) is 0 Å². The third kappa shape index (κ3) is 4.30. The van der Waals surface area contributed by atoms with E-state index in [2.05, 4.69) is 25.6 Å². The molecule has 0 aromatic carbocycles. The van der Waals surface area contributed by atoms with Gasteiger partial charge in [-0.15, -0.1) is 0 Å². The van der Waals surface area contributed by atoms with Gasteiger partial charge in [0.1, 0.15) is 17.3 Å². The summed E-state index contributed by atoms with van der Waals surface area (Å²) in [6.45, 7) is 0.466. The van der Waals surface area contributed by atoms with Crippen LogP contribution in [0.25, 0.3) is 5.82 Å². The quantitative estimate of drug-likeness (QED) is 0.698. The first-order valence-electron chi connectivity index (χ1n) is 7.31. The molecular formula is C16H15ClN6O. The zero-order valence-electron chi connectivity index (χ0n) is 12.7. The second-order valence-electron chi connectivity index (χ2n) is 4.96. The molecule has 0 atom stereocenters. The molecule has 7 nitrogen and oxygen atoms in total. The summed E-state index contributed by atoms with van der Waals surface area (Å²) in [6.07, 6.45) is 7.34. The summed E-state index contributed by atoms with van der Waals surface area (Å²) >= 11 is 5.70. The summed E-state index contributed by atoms with van der Waals surface area (Å²) in [5, 5.41) is 5.84. The van der Waals surface area contributed by atoms with Gasteiger partial charge < -0.3 is 10.6 Å². The number of aromatic nitrogens is 4. The van der Waals surface area contributed by atoms with Crippen molar-refractivity contribution in [2.45, 2.75) is 6.42 Å². The van der Waals surface area contributed by atoms with Crippen molar-refractivity contribution in [1.29, 1.82) is 0 Å². The van der Waals surface area contributed by atoms with Crippen LogP contribution in [0.3, 0.4) is 0 Å². The summed E-state index contributed by atoms with van der Waals surface area (Å²) in [4.78, 5) is 24.3. The van der Waals surface area contributed by atoms with Gasteiger partial charge in [-0.25, -0.2) is 19.7 Å². The van der Waals surface area contributed by atoms with Crippen molar-refractivity contribution in [3.63, 3.8) is 0 Å². The molecule has 0 aliphatic heterocycles. The molecule has 0 saturated carbocycles. The maximum Gasteiger partial charge on any atom is 0.319 e. The van der Waals surface area contributed by atoms with Gasteiger partial charge in [-0.2, -0.15) is 0 Å². The predicted molar refractivity (Wildman–Crippen MR) is 91.3 cm³/mol. The zero-order valence-corrected chi connectivity index (χ0v) is 13.4. The van der Waals surface area contributed by atoms with Crippen LogP contribution in [0, 0.1) is 0 Å². The number of nitrogens with zero attached hydrogens (tertiary/aromatic N) is 4. The van der Waals surface area contributed by atoms with Crippen LogP contribution in [0.4, 0.5) is 10.5 Å². The highest BCUT2D eigenvalue weighted by Gasteiger charge is 2.03. The number of carbonyl (C=O) groups excluding carboxylic acids is 1. The molecule has 0 unspecified atom stereocenters. The molecular weight excluding hydrogens is 328 g/mol. The Morgan fingerprint density at radius 3 is 2.92 bits per heavy atom. The molecule has 0 aliphatic rings. The molecule has 0 fully saturated rings. The highest BCUT2D eigenvalue weighted by atomic mass is 35.5. The highest BCUT2D eigenvalue weighted by molar-refractivity contribution is 6.29. The first-order chi connectivity index (χ1) is 11.7. The number of nitrogens with one attached hydrogen (secondary N) is 2. The predicted octanol–water partition coefficient (Wildman–Crippen LogP) is 2.68. The van der Waals surface area contributed by atoms with E-state index in [1.165, 1.54) is 6.20 Å². The molecule has 0 bridgehead atoms. The minimum absolute atomic E-state index is 0.301. The molecule has 24 heavy (non-hydrogen) atoms. The first kappa shape index (κ1) is 15.9. The Bertz CT molecular complexity index is 804.